The van der Waals surface area contributed by atoms with Gasteiger partial charge in [0, 0.05) is 40.9 Å². The molecule has 8 heteroatoms. The standard InChI is InChI=1S/C23H18Cl2N4O2/c24-18-4-7-21(25)22(13-18)31-15-20-12-17(8-10-26-20)23(30)28-19-5-2-16(3-6-19)14-29-11-1-9-27-29/h1-13H,14-15H2,(H,28,30). The van der Waals surface area contributed by atoms with Crippen molar-refractivity contribution in [3.05, 3.63) is 106 Å². The Hall–Kier alpha value is -3.35. The smallest absolute Gasteiger partial charge is 0.255 e. The lowest BCUT2D eigenvalue weighted by Gasteiger charge is -2.10. The predicted octanol–water partition coefficient (Wildman–Crippen LogP) is 5.46. The second kappa shape index (κ2) is 9.64. The van der Waals surface area contributed by atoms with Gasteiger partial charge in [-0.1, -0.05) is 35.3 Å². The monoisotopic (exact) mass is 452 g/mol. The number of nitrogens with one attached hydrogen (secondary N) is 1. The number of ether oxygens (including phenoxy) is 1. The molecule has 1 N–H and O–H groups in total. The minimum atomic E-state index is -0.232. The van der Waals surface area contributed by atoms with E-state index in [0.29, 0.717) is 39.3 Å². The van der Waals surface area contributed by atoms with Crippen molar-refractivity contribution in [1.82, 2.24) is 14.8 Å². The van der Waals surface area contributed by atoms with E-state index < -0.39 is 0 Å². The Morgan fingerprint density at radius 3 is 2.65 bits per heavy atom. The molecule has 156 valence electrons. The van der Waals surface area contributed by atoms with Crippen LogP contribution in [0, 0.1) is 0 Å². The number of hydrogen-bond acceptors (Lipinski definition) is 4. The van der Waals surface area contributed by atoms with Gasteiger partial charge in [-0.3, -0.25) is 14.5 Å². The van der Waals surface area contributed by atoms with Gasteiger partial charge in [0.2, 0.25) is 0 Å². The fraction of sp³-hybridized carbons (Fsp3) is 0.0870. The van der Waals surface area contributed by atoms with E-state index in [0.717, 1.165) is 5.56 Å². The van der Waals surface area contributed by atoms with Gasteiger partial charge >= 0.3 is 0 Å². The van der Waals surface area contributed by atoms with Crippen molar-refractivity contribution >= 4 is 34.8 Å². The van der Waals surface area contributed by atoms with Crippen LogP contribution in [0.25, 0.3) is 0 Å². The molecule has 0 radical (unpaired) electrons. The molecule has 1 amide bonds. The molecule has 6 nitrogen and oxygen atoms in total. The third kappa shape index (κ3) is 5.63. The van der Waals surface area contributed by atoms with E-state index >= 15 is 0 Å². The normalized spacial score (nSPS) is 10.6. The van der Waals surface area contributed by atoms with Crippen LogP contribution in [-0.4, -0.2) is 20.7 Å². The quantitative estimate of drug-likeness (QED) is 0.403. The molecule has 4 rings (SSSR count). The van der Waals surface area contributed by atoms with Crippen molar-refractivity contribution in [1.29, 1.82) is 0 Å². The Morgan fingerprint density at radius 2 is 1.87 bits per heavy atom. The average Bonchev–Trinajstić information content (AvgIpc) is 3.29. The maximum atomic E-state index is 12.6. The lowest BCUT2D eigenvalue weighted by molar-refractivity contribution is 0.102. The number of anilines is 1. The van der Waals surface area contributed by atoms with Crippen molar-refractivity contribution in [3.63, 3.8) is 0 Å². The van der Waals surface area contributed by atoms with Crippen LogP contribution < -0.4 is 10.1 Å². The molecule has 0 aliphatic heterocycles. The highest BCUT2D eigenvalue weighted by molar-refractivity contribution is 6.34. The molecule has 31 heavy (non-hydrogen) atoms. The van der Waals surface area contributed by atoms with Crippen LogP contribution in [0.4, 0.5) is 5.69 Å². The second-order valence-electron chi connectivity index (χ2n) is 6.75. The molecule has 2 aromatic heterocycles. The topological polar surface area (TPSA) is 69.0 Å². The summed E-state index contributed by atoms with van der Waals surface area (Å²) in [6.07, 6.45) is 5.22. The summed E-state index contributed by atoms with van der Waals surface area (Å²) in [5.41, 5.74) is 2.86. The highest BCUT2D eigenvalue weighted by Gasteiger charge is 2.09. The molecule has 0 bridgehead atoms. The average molecular weight is 453 g/mol. The van der Waals surface area contributed by atoms with Gasteiger partial charge in [-0.15, -0.1) is 0 Å². The van der Waals surface area contributed by atoms with Crippen molar-refractivity contribution in [2.45, 2.75) is 13.2 Å². The van der Waals surface area contributed by atoms with Crippen molar-refractivity contribution in [2.24, 2.45) is 0 Å². The number of rotatable bonds is 7. The molecule has 0 aliphatic rings. The van der Waals surface area contributed by atoms with Crippen LogP contribution >= 0.6 is 23.2 Å². The van der Waals surface area contributed by atoms with Crippen LogP contribution in [0.5, 0.6) is 5.75 Å². The zero-order valence-corrected chi connectivity index (χ0v) is 17.8. The Labute approximate surface area is 189 Å². The predicted molar refractivity (Wildman–Crippen MR) is 121 cm³/mol. The van der Waals surface area contributed by atoms with E-state index in [4.69, 9.17) is 27.9 Å². The SMILES string of the molecule is O=C(Nc1ccc(Cn2cccn2)cc1)c1ccnc(COc2cc(Cl)ccc2Cl)c1. The van der Waals surface area contributed by atoms with E-state index in [-0.39, 0.29) is 12.5 Å². The number of carbonyl (C=O) groups excluding carboxylic acids is 1. The first-order chi connectivity index (χ1) is 15.1. The summed E-state index contributed by atoms with van der Waals surface area (Å²) in [6, 6.07) is 17.8. The summed E-state index contributed by atoms with van der Waals surface area (Å²) in [5.74, 6) is 0.227. The highest BCUT2D eigenvalue weighted by Crippen LogP contribution is 2.28. The third-order valence-corrected chi connectivity index (χ3v) is 5.01. The van der Waals surface area contributed by atoms with E-state index in [9.17, 15) is 4.79 Å². The molecule has 0 saturated carbocycles. The van der Waals surface area contributed by atoms with Gasteiger partial charge in [0.1, 0.15) is 12.4 Å². The Kier molecular flexibility index (Phi) is 6.50. The molecule has 0 saturated heterocycles. The van der Waals surface area contributed by atoms with E-state index in [1.54, 1.807) is 42.7 Å². The minimum Gasteiger partial charge on any atom is -0.486 e. The van der Waals surface area contributed by atoms with Crippen LogP contribution in [-0.2, 0) is 13.2 Å². The number of aromatic nitrogens is 3. The van der Waals surface area contributed by atoms with Crippen LogP contribution in [0.2, 0.25) is 10.0 Å². The van der Waals surface area contributed by atoms with E-state index in [2.05, 4.69) is 15.4 Å². The van der Waals surface area contributed by atoms with Crippen molar-refractivity contribution < 1.29 is 9.53 Å². The number of benzene rings is 2. The Balaban J connectivity index is 1.38. The van der Waals surface area contributed by atoms with Crippen LogP contribution in [0.1, 0.15) is 21.6 Å². The van der Waals surface area contributed by atoms with E-state index in [1.165, 1.54) is 0 Å². The van der Waals surface area contributed by atoms with Gasteiger partial charge in [-0.2, -0.15) is 5.10 Å². The summed E-state index contributed by atoms with van der Waals surface area (Å²) in [6.45, 7) is 0.828. The van der Waals surface area contributed by atoms with Gasteiger partial charge in [-0.05, 0) is 48.0 Å². The molecule has 2 heterocycles. The summed E-state index contributed by atoms with van der Waals surface area (Å²) >= 11 is 12.1. The third-order valence-electron chi connectivity index (χ3n) is 4.46. The fourth-order valence-electron chi connectivity index (χ4n) is 2.92. The maximum absolute atomic E-state index is 12.6. The molecular weight excluding hydrogens is 435 g/mol. The highest BCUT2D eigenvalue weighted by atomic mass is 35.5. The number of hydrogen-bond donors (Lipinski definition) is 1. The second-order valence-corrected chi connectivity index (χ2v) is 7.60. The first-order valence-corrected chi connectivity index (χ1v) is 10.2. The largest absolute Gasteiger partial charge is 0.486 e. The molecule has 0 spiro atoms. The molecule has 0 aliphatic carbocycles. The van der Waals surface area contributed by atoms with Gasteiger partial charge in [0.05, 0.1) is 17.3 Å². The summed E-state index contributed by atoms with van der Waals surface area (Å²) in [4.78, 5) is 16.9. The summed E-state index contributed by atoms with van der Waals surface area (Å²) < 4.78 is 7.53. The lowest BCUT2D eigenvalue weighted by Crippen LogP contribution is -2.13. The van der Waals surface area contributed by atoms with Gasteiger partial charge in [0.15, 0.2) is 0 Å². The zero-order valence-electron chi connectivity index (χ0n) is 16.3. The number of nitrogens with zero attached hydrogens (tertiary/aromatic N) is 3. The molecule has 0 unspecified atom stereocenters. The number of amides is 1. The minimum absolute atomic E-state index is 0.156. The molecular formula is C23H18Cl2N4O2. The molecule has 0 fully saturated rings. The van der Waals surface area contributed by atoms with Crippen LogP contribution in [0.15, 0.2) is 79.3 Å². The van der Waals surface area contributed by atoms with Gasteiger partial charge < -0.3 is 10.1 Å². The number of pyridine rings is 1. The summed E-state index contributed by atoms with van der Waals surface area (Å²) in [5, 5.41) is 8.06. The zero-order chi connectivity index (χ0) is 21.6. The Bertz CT molecular complexity index is 1180. The first kappa shape index (κ1) is 20.9. The first-order valence-electron chi connectivity index (χ1n) is 9.47. The van der Waals surface area contributed by atoms with Gasteiger partial charge in [-0.25, -0.2) is 0 Å². The van der Waals surface area contributed by atoms with Crippen LogP contribution in [0.3, 0.4) is 0 Å². The molecule has 2 aromatic carbocycles. The number of halogens is 2. The fourth-order valence-corrected chi connectivity index (χ4v) is 3.25. The van der Waals surface area contributed by atoms with Crippen molar-refractivity contribution in [2.75, 3.05) is 5.32 Å². The molecule has 0 atom stereocenters. The lowest BCUT2D eigenvalue weighted by atomic mass is 10.2. The Morgan fingerprint density at radius 1 is 1.03 bits per heavy atom. The summed E-state index contributed by atoms with van der Waals surface area (Å²) in [7, 11) is 0. The van der Waals surface area contributed by atoms with Gasteiger partial charge in [0.25, 0.3) is 5.91 Å². The van der Waals surface area contributed by atoms with E-state index in [1.807, 2.05) is 41.2 Å². The maximum Gasteiger partial charge on any atom is 0.255 e. The number of carbonyl (C=O) groups is 1. The van der Waals surface area contributed by atoms with Crippen molar-refractivity contribution in [3.8, 4) is 5.75 Å². The molecule has 4 aromatic rings.